The predicted octanol–water partition coefficient (Wildman–Crippen LogP) is 5.53. The second-order valence-corrected chi connectivity index (χ2v) is 18.1. The van der Waals surface area contributed by atoms with Crippen LogP contribution in [0.4, 0.5) is 0 Å². The summed E-state index contributed by atoms with van der Waals surface area (Å²) in [5.74, 6) is -5.15. The van der Waals surface area contributed by atoms with E-state index in [9.17, 15) is 59.6 Å². The normalized spacial score (nSPS) is 32.1. The number of fused-ring (bicyclic) bond motifs is 4. The van der Waals surface area contributed by atoms with Crippen LogP contribution >= 0.6 is 7.82 Å². The Morgan fingerprint density at radius 2 is 1.44 bits per heavy atom. The zero-order valence-corrected chi connectivity index (χ0v) is 38.7. The van der Waals surface area contributed by atoms with Gasteiger partial charge in [-0.05, 0) is 70.6 Å². The Kier molecular flexibility index (Phi) is 29.3. The summed E-state index contributed by atoms with van der Waals surface area (Å²) in [7, 11) is -5.47. The number of aliphatic hydroxyl groups excluding tert-OH is 7. The van der Waals surface area contributed by atoms with Gasteiger partial charge in [0.1, 0.15) is 36.8 Å². The lowest BCUT2D eigenvalue weighted by Crippen LogP contribution is -2.55. The molecule has 0 radical (unpaired) electrons. The molecular weight excluding hydrogens is 851 g/mol. The van der Waals surface area contributed by atoms with Crippen LogP contribution in [0.25, 0.3) is 0 Å². The lowest BCUT2D eigenvalue weighted by atomic mass is 9.84. The Morgan fingerprint density at radius 1 is 0.812 bits per heavy atom. The number of cyclic esters (lactones) is 1. The molecule has 12 atom stereocenters. The summed E-state index contributed by atoms with van der Waals surface area (Å²) in [5.41, 5.74) is 0. The second kappa shape index (κ2) is 32.8. The predicted molar refractivity (Wildman–Crippen MR) is 240 cm³/mol. The van der Waals surface area contributed by atoms with Crippen molar-refractivity contribution < 1.29 is 78.1 Å². The molecule has 0 spiro atoms. The number of phosphoric ester groups is 1. The van der Waals surface area contributed by atoms with Crippen LogP contribution in [0.2, 0.25) is 0 Å². The van der Waals surface area contributed by atoms with E-state index in [0.29, 0.717) is 32.1 Å². The molecule has 64 heavy (non-hydrogen) atoms. The lowest BCUT2D eigenvalue weighted by Gasteiger charge is -2.36. The first kappa shape index (κ1) is 57.3. The van der Waals surface area contributed by atoms with Gasteiger partial charge in [-0.2, -0.15) is 0 Å². The molecule has 2 bridgehead atoms. The number of carbonyl (C=O) groups excluding carboxylic acids is 3. The van der Waals surface area contributed by atoms with Crippen molar-refractivity contribution in [3.8, 4) is 0 Å². The molecule has 1 saturated carbocycles. The van der Waals surface area contributed by atoms with Gasteiger partial charge in [-0.3, -0.25) is 23.4 Å². The Labute approximate surface area is 379 Å². The fourth-order valence-corrected chi connectivity index (χ4v) is 8.26. The molecule has 2 rings (SSSR count). The maximum absolute atomic E-state index is 13.6. The molecule has 17 heteroatoms. The topological polar surface area (TPSA) is 267 Å². The first-order chi connectivity index (χ1) is 30.6. The highest BCUT2D eigenvalue weighted by atomic mass is 31.2. The molecule has 1 unspecified atom stereocenters. The molecular formula is C47H77O16P. The zero-order chi connectivity index (χ0) is 47.3. The van der Waals surface area contributed by atoms with Crippen LogP contribution in [-0.2, 0) is 37.5 Å². The number of hydrogen-bond donors (Lipinski definition) is 8. The number of carbonyl (C=O) groups is 3. The van der Waals surface area contributed by atoms with Crippen LogP contribution < -0.4 is 0 Å². The van der Waals surface area contributed by atoms with Crippen LogP contribution in [-0.4, -0.2) is 127 Å². The molecule has 366 valence electrons. The Balaban J connectivity index is 2.25. The highest BCUT2D eigenvalue weighted by Crippen LogP contribution is 2.47. The second-order valence-electron chi connectivity index (χ2n) is 16.7. The SMILES string of the molecule is CCCCC/C=C\C/C=C\C/C=C\CCCCC(=O)O[C@@H]1COC(=O)CCC/C=C\C[C@H]2C(=O)C[C@@H](O)[C@H](/C=C/[C@@H](O)CCCCC)[C@@H](O)[C@@H](O)[C@@H](OP(=O)(O)OC1)[C@H](O)[C@@H](O)[C@@H]2O. The van der Waals surface area contributed by atoms with Gasteiger partial charge in [-0.1, -0.05) is 107 Å². The minimum absolute atomic E-state index is 0.0261. The summed E-state index contributed by atoms with van der Waals surface area (Å²) in [6.07, 6.45) is 10.8. The lowest BCUT2D eigenvalue weighted by molar-refractivity contribution is -0.166. The number of hydrogen-bond acceptors (Lipinski definition) is 15. The van der Waals surface area contributed by atoms with Crippen LogP contribution in [0.15, 0.2) is 60.8 Å². The van der Waals surface area contributed by atoms with Gasteiger partial charge < -0.3 is 50.1 Å². The molecule has 0 aromatic rings. The van der Waals surface area contributed by atoms with Gasteiger partial charge in [0, 0.05) is 31.1 Å². The van der Waals surface area contributed by atoms with Crippen molar-refractivity contribution in [2.45, 2.75) is 191 Å². The number of phosphoric acid groups is 1. The number of ketones is 1. The minimum atomic E-state index is -5.47. The van der Waals surface area contributed by atoms with Crippen molar-refractivity contribution >= 4 is 25.5 Å². The largest absolute Gasteiger partial charge is 0.472 e. The fraction of sp³-hybridized carbons (Fsp3) is 0.723. The van der Waals surface area contributed by atoms with E-state index >= 15 is 0 Å². The third kappa shape index (κ3) is 23.0. The van der Waals surface area contributed by atoms with E-state index < -0.39 is 112 Å². The number of esters is 2. The minimum Gasteiger partial charge on any atom is -0.462 e. The summed E-state index contributed by atoms with van der Waals surface area (Å²) in [5, 5.41) is 78.5. The van der Waals surface area contributed by atoms with E-state index in [1.165, 1.54) is 37.5 Å². The molecule has 0 aromatic carbocycles. The number of ether oxygens (including phenoxy) is 2. The van der Waals surface area contributed by atoms with Gasteiger partial charge >= 0.3 is 19.8 Å². The quantitative estimate of drug-likeness (QED) is 0.0323. The molecule has 1 fully saturated rings. The summed E-state index contributed by atoms with van der Waals surface area (Å²) < 4.78 is 34.6. The van der Waals surface area contributed by atoms with Crippen molar-refractivity contribution in [1.29, 1.82) is 0 Å². The van der Waals surface area contributed by atoms with E-state index in [0.717, 1.165) is 38.5 Å². The van der Waals surface area contributed by atoms with Crippen molar-refractivity contribution in [1.82, 2.24) is 0 Å². The summed E-state index contributed by atoms with van der Waals surface area (Å²) in [6, 6.07) is 0. The number of aliphatic hydroxyl groups is 7. The van der Waals surface area contributed by atoms with E-state index in [2.05, 4.69) is 31.2 Å². The van der Waals surface area contributed by atoms with E-state index in [1.807, 2.05) is 19.1 Å². The van der Waals surface area contributed by atoms with Gasteiger partial charge in [0.25, 0.3) is 0 Å². The van der Waals surface area contributed by atoms with E-state index in [1.54, 1.807) is 6.08 Å². The smallest absolute Gasteiger partial charge is 0.462 e. The number of Topliss-reactive ketones (excluding diaryl/α,β-unsaturated/α-hetero) is 1. The third-order valence-corrected chi connectivity index (χ3v) is 12.2. The summed E-state index contributed by atoms with van der Waals surface area (Å²) in [6.45, 7) is 2.72. The van der Waals surface area contributed by atoms with Crippen molar-refractivity contribution in [3.05, 3.63) is 60.8 Å². The third-order valence-electron chi connectivity index (χ3n) is 11.2. The van der Waals surface area contributed by atoms with Gasteiger partial charge in [0.15, 0.2) is 6.10 Å². The van der Waals surface area contributed by atoms with Gasteiger partial charge in [0.05, 0.1) is 31.0 Å². The molecule has 8 N–H and O–H groups in total. The highest BCUT2D eigenvalue weighted by molar-refractivity contribution is 7.47. The van der Waals surface area contributed by atoms with Gasteiger partial charge in [-0.15, -0.1) is 0 Å². The van der Waals surface area contributed by atoms with Crippen LogP contribution in [0.5, 0.6) is 0 Å². The van der Waals surface area contributed by atoms with Crippen molar-refractivity contribution in [3.63, 3.8) is 0 Å². The van der Waals surface area contributed by atoms with Crippen LogP contribution in [0, 0.1) is 11.8 Å². The van der Waals surface area contributed by atoms with Crippen LogP contribution in [0.3, 0.4) is 0 Å². The highest BCUT2D eigenvalue weighted by Gasteiger charge is 2.49. The summed E-state index contributed by atoms with van der Waals surface area (Å²) >= 11 is 0. The first-order valence-corrected chi connectivity index (χ1v) is 24.7. The van der Waals surface area contributed by atoms with Crippen molar-refractivity contribution in [2.75, 3.05) is 13.2 Å². The Morgan fingerprint density at radius 3 is 2.11 bits per heavy atom. The molecule has 2 aliphatic rings. The fourth-order valence-electron chi connectivity index (χ4n) is 7.29. The number of unbranched alkanes of at least 4 members (excludes halogenated alkanes) is 7. The molecule has 1 aliphatic carbocycles. The molecule has 1 heterocycles. The molecule has 0 amide bonds. The number of allylic oxidation sites excluding steroid dienone is 8. The van der Waals surface area contributed by atoms with Gasteiger partial charge in [0.2, 0.25) is 0 Å². The molecule has 0 aromatic heterocycles. The zero-order valence-electron chi connectivity index (χ0n) is 37.8. The van der Waals surface area contributed by atoms with Crippen LogP contribution in [0.1, 0.15) is 136 Å². The van der Waals surface area contributed by atoms with Gasteiger partial charge in [-0.25, -0.2) is 4.57 Å². The maximum Gasteiger partial charge on any atom is 0.472 e. The first-order valence-electron chi connectivity index (χ1n) is 23.2. The standard InChI is InChI=1S/C47H77O16P/c1-3-5-7-8-9-10-11-12-13-14-15-16-17-18-24-28-41(52)62-35-32-60-40(51)27-23-20-19-22-26-36-38(49)31-39(50)37(30-29-34(48)25-21-6-4-2)43(54)45(56)47(46(57)44(55)42(36)53)63-64(58,59)61-33-35/h9-10,12-13,15-16,19,22,29-30,34-37,39,42-48,50,53-57H,3-8,11,14,17-18,20-21,23-28,31-33H2,1-2H3,(H,58,59)/b10-9-,13-12-,16-15-,22-19-,30-29+/t34-,35+,36-,37-,39+,42+,43+,44-,45+,46+,47+/m0/s1. The van der Waals surface area contributed by atoms with E-state index in [4.69, 9.17) is 18.5 Å². The Bertz CT molecular complexity index is 1530. The molecule has 0 saturated heterocycles. The Hall–Kier alpha value is -2.86. The molecule has 1 aliphatic heterocycles. The van der Waals surface area contributed by atoms with Crippen molar-refractivity contribution in [2.24, 2.45) is 11.8 Å². The average Bonchev–Trinajstić information content (AvgIpc) is 3.26. The molecule has 16 nitrogen and oxygen atoms in total. The summed E-state index contributed by atoms with van der Waals surface area (Å²) in [4.78, 5) is 50.0. The number of rotatable bonds is 20. The maximum atomic E-state index is 13.6. The average molecular weight is 929 g/mol. The monoisotopic (exact) mass is 928 g/mol. The van der Waals surface area contributed by atoms with E-state index in [-0.39, 0.29) is 25.7 Å².